The van der Waals surface area contributed by atoms with Crippen molar-refractivity contribution in [3.8, 4) is 0 Å². The highest BCUT2D eigenvalue weighted by Crippen LogP contribution is 2.10. The molecule has 1 heterocycles. The second-order valence-corrected chi connectivity index (χ2v) is 4.71. The molecule has 2 rings (SSSR count). The van der Waals surface area contributed by atoms with E-state index in [1.54, 1.807) is 19.2 Å². The number of aliphatic imine (C=N–C) groups is 1. The van der Waals surface area contributed by atoms with Gasteiger partial charge in [-0.25, -0.2) is 9.38 Å². The van der Waals surface area contributed by atoms with E-state index in [0.29, 0.717) is 24.6 Å². The first-order valence-electron chi connectivity index (χ1n) is 6.94. The summed E-state index contributed by atoms with van der Waals surface area (Å²) in [6, 6.07) is 6.95. The van der Waals surface area contributed by atoms with E-state index in [-0.39, 0.29) is 29.8 Å². The van der Waals surface area contributed by atoms with Crippen LogP contribution in [0.3, 0.4) is 0 Å². The Labute approximate surface area is 146 Å². The molecule has 0 fully saturated rings. The highest BCUT2D eigenvalue weighted by Gasteiger charge is 2.01. The van der Waals surface area contributed by atoms with Crippen LogP contribution in [0.25, 0.3) is 0 Å². The summed E-state index contributed by atoms with van der Waals surface area (Å²) in [5.41, 5.74) is 2.60. The van der Waals surface area contributed by atoms with Gasteiger partial charge in [-0.05, 0) is 37.1 Å². The Morgan fingerprint density at radius 2 is 2.14 bits per heavy atom. The first-order valence-corrected chi connectivity index (χ1v) is 6.94. The number of guanidine groups is 1. The topological polar surface area (TPSA) is 65.1 Å². The van der Waals surface area contributed by atoms with Crippen molar-refractivity contribution in [3.05, 3.63) is 53.1 Å². The van der Waals surface area contributed by atoms with Crippen LogP contribution in [-0.4, -0.2) is 22.7 Å². The fourth-order valence-corrected chi connectivity index (χ4v) is 1.88. The normalized spacial score (nSPS) is 11.0. The van der Waals surface area contributed by atoms with Gasteiger partial charge in [0, 0.05) is 12.7 Å². The lowest BCUT2D eigenvalue weighted by Crippen LogP contribution is -2.36. The van der Waals surface area contributed by atoms with Crippen molar-refractivity contribution in [1.82, 2.24) is 20.8 Å². The smallest absolute Gasteiger partial charge is 0.191 e. The third-order valence-corrected chi connectivity index (χ3v) is 2.99. The molecule has 0 atom stereocenters. The molecule has 3 N–H and O–H groups in total. The molecule has 7 heteroatoms. The summed E-state index contributed by atoms with van der Waals surface area (Å²) in [5.74, 6) is 0.529. The second-order valence-electron chi connectivity index (χ2n) is 4.71. The van der Waals surface area contributed by atoms with Crippen molar-refractivity contribution in [2.45, 2.75) is 26.9 Å². The maximum absolute atomic E-state index is 13.2. The molecule has 0 radical (unpaired) electrons. The molecule has 1 aromatic heterocycles. The minimum absolute atomic E-state index is 0. The number of benzene rings is 1. The monoisotopic (exact) mass is 417 g/mol. The van der Waals surface area contributed by atoms with Crippen LogP contribution in [0.15, 0.2) is 35.5 Å². The summed E-state index contributed by atoms with van der Waals surface area (Å²) in [6.45, 7) is 5.66. The zero-order valence-electron chi connectivity index (χ0n) is 12.7. The molecule has 120 valence electrons. The number of nitrogens with zero attached hydrogens (tertiary/aromatic N) is 2. The molecule has 0 bridgehead atoms. The quantitative estimate of drug-likeness (QED) is 0.398. The Morgan fingerprint density at radius 1 is 1.32 bits per heavy atom. The summed E-state index contributed by atoms with van der Waals surface area (Å²) in [4.78, 5) is 4.49. The van der Waals surface area contributed by atoms with Gasteiger partial charge >= 0.3 is 0 Å². The number of halogens is 2. The van der Waals surface area contributed by atoms with Gasteiger partial charge in [0.25, 0.3) is 0 Å². The number of H-pyrrole nitrogens is 1. The van der Waals surface area contributed by atoms with Crippen LogP contribution in [-0.2, 0) is 13.1 Å². The van der Waals surface area contributed by atoms with Gasteiger partial charge in [-0.3, -0.25) is 5.10 Å². The lowest BCUT2D eigenvalue weighted by molar-refractivity contribution is 0.617. The maximum Gasteiger partial charge on any atom is 0.191 e. The van der Waals surface area contributed by atoms with Gasteiger partial charge in [0.1, 0.15) is 5.82 Å². The molecule has 2 aromatic rings. The second kappa shape index (κ2) is 9.39. The number of rotatable bonds is 5. The van der Waals surface area contributed by atoms with E-state index < -0.39 is 0 Å². The number of hydrogen-bond donors (Lipinski definition) is 3. The molecule has 0 spiro atoms. The summed E-state index contributed by atoms with van der Waals surface area (Å²) >= 11 is 0. The standard InChI is InChI=1S/C15H20FN5.HI/c1-3-17-15(19-10-13-6-7-20-21-13)18-9-12-4-5-14(16)11(2)8-12;/h4-8H,3,9-10H2,1-2H3,(H,20,21)(H2,17,18,19);1H. The Kier molecular flexibility index (Phi) is 7.86. The Morgan fingerprint density at radius 3 is 2.77 bits per heavy atom. The molecule has 0 amide bonds. The first-order chi connectivity index (χ1) is 10.2. The van der Waals surface area contributed by atoms with Crippen LogP contribution >= 0.6 is 24.0 Å². The summed E-state index contributed by atoms with van der Waals surface area (Å²) < 4.78 is 13.2. The fourth-order valence-electron chi connectivity index (χ4n) is 1.88. The Balaban J connectivity index is 0.00000242. The molecule has 0 aliphatic rings. The van der Waals surface area contributed by atoms with Crippen LogP contribution in [0.2, 0.25) is 0 Å². The zero-order valence-corrected chi connectivity index (χ0v) is 15.0. The van der Waals surface area contributed by atoms with Crippen molar-refractivity contribution in [3.63, 3.8) is 0 Å². The molecule has 0 unspecified atom stereocenters. The average molecular weight is 417 g/mol. The Bertz CT molecular complexity index is 598. The summed E-state index contributed by atoms with van der Waals surface area (Å²) in [5, 5.41) is 13.2. The van der Waals surface area contributed by atoms with Crippen molar-refractivity contribution >= 4 is 29.9 Å². The molecule has 1 aromatic carbocycles. The van der Waals surface area contributed by atoms with E-state index in [1.165, 1.54) is 6.07 Å². The number of aromatic nitrogens is 2. The highest BCUT2D eigenvalue weighted by molar-refractivity contribution is 14.0. The third kappa shape index (κ3) is 5.63. The van der Waals surface area contributed by atoms with Gasteiger partial charge < -0.3 is 10.6 Å². The van der Waals surface area contributed by atoms with E-state index in [4.69, 9.17) is 0 Å². The van der Waals surface area contributed by atoms with Crippen LogP contribution in [0, 0.1) is 12.7 Å². The Hall–Kier alpha value is -1.64. The lowest BCUT2D eigenvalue weighted by atomic mass is 10.1. The average Bonchev–Trinajstić information content (AvgIpc) is 2.99. The van der Waals surface area contributed by atoms with E-state index in [2.05, 4.69) is 25.8 Å². The van der Waals surface area contributed by atoms with Gasteiger partial charge in [0.2, 0.25) is 0 Å². The molecule has 0 aliphatic carbocycles. The van der Waals surface area contributed by atoms with Crippen LogP contribution in [0.5, 0.6) is 0 Å². The van der Waals surface area contributed by atoms with Gasteiger partial charge in [0.05, 0.1) is 18.8 Å². The third-order valence-electron chi connectivity index (χ3n) is 2.99. The number of aryl methyl sites for hydroxylation is 1. The predicted molar refractivity (Wildman–Crippen MR) is 96.8 cm³/mol. The van der Waals surface area contributed by atoms with Crippen LogP contribution in [0.4, 0.5) is 4.39 Å². The van der Waals surface area contributed by atoms with Gasteiger partial charge in [-0.2, -0.15) is 5.10 Å². The lowest BCUT2D eigenvalue weighted by Gasteiger charge is -2.10. The first kappa shape index (κ1) is 18.4. The fraction of sp³-hybridized carbons (Fsp3) is 0.333. The number of aromatic amines is 1. The van der Waals surface area contributed by atoms with Gasteiger partial charge in [0.15, 0.2) is 5.96 Å². The predicted octanol–water partition coefficient (Wildman–Crippen LogP) is 2.73. The molecule has 0 aliphatic heterocycles. The minimum atomic E-state index is -0.188. The van der Waals surface area contributed by atoms with Crippen molar-refractivity contribution < 1.29 is 4.39 Å². The molecule has 22 heavy (non-hydrogen) atoms. The van der Waals surface area contributed by atoms with E-state index in [0.717, 1.165) is 17.8 Å². The van der Waals surface area contributed by atoms with Crippen molar-refractivity contribution in [2.24, 2.45) is 4.99 Å². The number of nitrogens with one attached hydrogen (secondary N) is 3. The molecular formula is C15H21FIN5. The van der Waals surface area contributed by atoms with Gasteiger partial charge in [-0.15, -0.1) is 24.0 Å². The molecule has 5 nitrogen and oxygen atoms in total. The highest BCUT2D eigenvalue weighted by atomic mass is 127. The van der Waals surface area contributed by atoms with Crippen molar-refractivity contribution in [2.75, 3.05) is 6.54 Å². The van der Waals surface area contributed by atoms with Crippen LogP contribution < -0.4 is 10.6 Å². The largest absolute Gasteiger partial charge is 0.357 e. The summed E-state index contributed by atoms with van der Waals surface area (Å²) in [7, 11) is 0. The molecule has 0 saturated heterocycles. The zero-order chi connectivity index (χ0) is 15.1. The maximum atomic E-state index is 13.2. The van der Waals surface area contributed by atoms with Crippen LogP contribution in [0.1, 0.15) is 23.7 Å². The summed E-state index contributed by atoms with van der Waals surface area (Å²) in [6.07, 6.45) is 1.71. The van der Waals surface area contributed by atoms with Gasteiger partial charge in [-0.1, -0.05) is 12.1 Å². The van der Waals surface area contributed by atoms with E-state index in [1.807, 2.05) is 19.1 Å². The molecular weight excluding hydrogens is 396 g/mol. The van der Waals surface area contributed by atoms with Crippen molar-refractivity contribution in [1.29, 1.82) is 0 Å². The molecule has 0 saturated carbocycles. The van der Waals surface area contributed by atoms with E-state index in [9.17, 15) is 4.39 Å². The van der Waals surface area contributed by atoms with E-state index >= 15 is 0 Å². The number of hydrogen-bond acceptors (Lipinski definition) is 2. The minimum Gasteiger partial charge on any atom is -0.357 e. The SMILES string of the molecule is CCNC(=NCc1ccc(F)c(C)c1)NCc1ccn[nH]1.I.